The minimum atomic E-state index is -3.53. The number of hydrogen-bond donors (Lipinski definition) is 0. The van der Waals surface area contributed by atoms with E-state index in [0.29, 0.717) is 18.7 Å². The first kappa shape index (κ1) is 18.9. The maximum Gasteiger partial charge on any atom is 0.254 e. The second kappa shape index (κ2) is 7.21. The molecule has 1 aliphatic rings. The monoisotopic (exact) mass is 354 g/mol. The summed E-state index contributed by atoms with van der Waals surface area (Å²) in [6, 6.07) is 6.01. The number of benzene rings is 1. The number of carbonyl (C=O) groups is 1. The van der Waals surface area contributed by atoms with E-state index in [2.05, 4.69) is 0 Å². The Kier molecular flexibility index (Phi) is 5.67. The Labute approximate surface area is 144 Å². The number of rotatable bonds is 4. The first-order chi connectivity index (χ1) is 11.1. The predicted molar refractivity (Wildman–Crippen MR) is 92.4 cm³/mol. The molecule has 2 rings (SSSR count). The number of sulfonamides is 1. The molecular formula is C17H26N2O4S. The van der Waals surface area contributed by atoms with Crippen molar-refractivity contribution in [3.05, 3.63) is 29.8 Å². The zero-order valence-corrected chi connectivity index (χ0v) is 15.7. The van der Waals surface area contributed by atoms with Crippen LogP contribution in [0.3, 0.4) is 0 Å². The van der Waals surface area contributed by atoms with Crippen molar-refractivity contribution in [1.29, 1.82) is 0 Å². The summed E-state index contributed by atoms with van der Waals surface area (Å²) in [7, 11) is -1.98. The minimum absolute atomic E-state index is 0.00274. The van der Waals surface area contributed by atoms with Crippen molar-refractivity contribution in [2.24, 2.45) is 0 Å². The summed E-state index contributed by atoms with van der Waals surface area (Å²) in [4.78, 5) is 14.6. The molecule has 0 bridgehead atoms. The molecule has 7 heteroatoms. The fourth-order valence-corrected chi connectivity index (χ4v) is 4.11. The van der Waals surface area contributed by atoms with Crippen molar-refractivity contribution in [2.75, 3.05) is 20.1 Å². The van der Waals surface area contributed by atoms with Crippen LogP contribution >= 0.6 is 0 Å². The quantitative estimate of drug-likeness (QED) is 0.829. The summed E-state index contributed by atoms with van der Waals surface area (Å²) in [5, 5.41) is 0. The molecule has 24 heavy (non-hydrogen) atoms. The van der Waals surface area contributed by atoms with Gasteiger partial charge in [-0.05, 0) is 52.0 Å². The molecule has 0 saturated carbocycles. The molecule has 0 aliphatic carbocycles. The maximum absolute atomic E-state index is 12.6. The van der Waals surface area contributed by atoms with Crippen molar-refractivity contribution >= 4 is 15.9 Å². The van der Waals surface area contributed by atoms with Gasteiger partial charge in [0, 0.05) is 31.7 Å². The highest BCUT2D eigenvalue weighted by Gasteiger charge is 2.27. The zero-order valence-electron chi connectivity index (χ0n) is 14.9. The predicted octanol–water partition coefficient (Wildman–Crippen LogP) is 1.96. The number of nitrogens with zero attached hydrogens (tertiary/aromatic N) is 2. The van der Waals surface area contributed by atoms with Gasteiger partial charge in [-0.2, -0.15) is 4.31 Å². The molecule has 1 aromatic carbocycles. The van der Waals surface area contributed by atoms with Gasteiger partial charge in [-0.15, -0.1) is 0 Å². The van der Waals surface area contributed by atoms with Gasteiger partial charge in [0.1, 0.15) is 0 Å². The van der Waals surface area contributed by atoms with Crippen molar-refractivity contribution in [2.45, 2.75) is 50.8 Å². The zero-order chi connectivity index (χ0) is 18.1. The van der Waals surface area contributed by atoms with Crippen LogP contribution in [0, 0.1) is 0 Å². The SMILES string of the molecule is CC1CN(C(=O)c2ccc(S(=O)(=O)N(C)C(C)C)cc2)CC(C)O1. The molecule has 1 heterocycles. The molecular weight excluding hydrogens is 328 g/mol. The Hall–Kier alpha value is -1.44. The third-order valence-electron chi connectivity index (χ3n) is 4.21. The molecule has 1 saturated heterocycles. The van der Waals surface area contributed by atoms with Crippen LogP contribution in [0.2, 0.25) is 0 Å². The lowest BCUT2D eigenvalue weighted by molar-refractivity contribution is -0.0586. The molecule has 6 nitrogen and oxygen atoms in total. The summed E-state index contributed by atoms with van der Waals surface area (Å²) >= 11 is 0. The number of ether oxygens (including phenoxy) is 1. The fourth-order valence-electron chi connectivity index (χ4n) is 2.74. The maximum atomic E-state index is 12.6. The highest BCUT2D eigenvalue weighted by Crippen LogP contribution is 2.19. The average Bonchev–Trinajstić information content (AvgIpc) is 2.52. The number of amides is 1. The molecule has 0 spiro atoms. The van der Waals surface area contributed by atoms with Crippen molar-refractivity contribution in [3.63, 3.8) is 0 Å². The van der Waals surface area contributed by atoms with Crippen LogP contribution in [0.5, 0.6) is 0 Å². The lowest BCUT2D eigenvalue weighted by atomic mass is 10.1. The van der Waals surface area contributed by atoms with E-state index in [9.17, 15) is 13.2 Å². The van der Waals surface area contributed by atoms with Crippen LogP contribution in [0.1, 0.15) is 38.1 Å². The Bertz CT molecular complexity index is 675. The van der Waals surface area contributed by atoms with Gasteiger partial charge in [-0.1, -0.05) is 0 Å². The average molecular weight is 354 g/mol. The second-order valence-corrected chi connectivity index (χ2v) is 8.60. The molecule has 2 atom stereocenters. The van der Waals surface area contributed by atoms with Gasteiger partial charge in [0.25, 0.3) is 5.91 Å². The fraction of sp³-hybridized carbons (Fsp3) is 0.588. The minimum Gasteiger partial charge on any atom is -0.372 e. The van der Waals surface area contributed by atoms with Crippen LogP contribution in [0.25, 0.3) is 0 Å². The molecule has 1 fully saturated rings. The van der Waals surface area contributed by atoms with Gasteiger partial charge in [-0.3, -0.25) is 4.79 Å². The third kappa shape index (κ3) is 3.96. The third-order valence-corrected chi connectivity index (χ3v) is 6.26. The van der Waals surface area contributed by atoms with Gasteiger partial charge < -0.3 is 9.64 Å². The second-order valence-electron chi connectivity index (χ2n) is 6.61. The van der Waals surface area contributed by atoms with E-state index in [4.69, 9.17) is 4.74 Å². The lowest BCUT2D eigenvalue weighted by Gasteiger charge is -2.35. The van der Waals surface area contributed by atoms with E-state index in [1.165, 1.54) is 16.4 Å². The normalized spacial score (nSPS) is 22.2. The van der Waals surface area contributed by atoms with Gasteiger partial charge >= 0.3 is 0 Å². The standard InChI is InChI=1S/C17H26N2O4S/c1-12(2)18(5)24(21,22)16-8-6-15(7-9-16)17(20)19-10-13(3)23-14(4)11-19/h6-9,12-14H,10-11H2,1-5H3. The van der Waals surface area contributed by atoms with E-state index < -0.39 is 10.0 Å². The van der Waals surface area contributed by atoms with Crippen LogP contribution in [0.15, 0.2) is 29.2 Å². The molecule has 134 valence electrons. The number of hydrogen-bond acceptors (Lipinski definition) is 4. The van der Waals surface area contributed by atoms with Crippen molar-refractivity contribution in [1.82, 2.24) is 9.21 Å². The van der Waals surface area contributed by atoms with Crippen LogP contribution in [-0.2, 0) is 14.8 Å². The molecule has 0 aromatic heterocycles. The number of morpholine rings is 1. The first-order valence-corrected chi connectivity index (χ1v) is 9.59. The van der Waals surface area contributed by atoms with Gasteiger partial charge in [0.2, 0.25) is 10.0 Å². The van der Waals surface area contributed by atoms with E-state index in [1.54, 1.807) is 24.1 Å². The van der Waals surface area contributed by atoms with Gasteiger partial charge in [0.15, 0.2) is 0 Å². The summed E-state index contributed by atoms with van der Waals surface area (Å²) in [5.41, 5.74) is 0.488. The molecule has 0 N–H and O–H groups in total. The highest BCUT2D eigenvalue weighted by atomic mass is 32.2. The molecule has 1 aromatic rings. The Morgan fingerprint density at radius 2 is 1.67 bits per heavy atom. The topological polar surface area (TPSA) is 66.9 Å². The van der Waals surface area contributed by atoms with E-state index >= 15 is 0 Å². The van der Waals surface area contributed by atoms with Crippen molar-refractivity contribution < 1.29 is 17.9 Å². The summed E-state index contributed by atoms with van der Waals surface area (Å²) < 4.78 is 31.9. The first-order valence-electron chi connectivity index (χ1n) is 8.15. The van der Waals surface area contributed by atoms with Gasteiger partial charge in [-0.25, -0.2) is 8.42 Å². The van der Waals surface area contributed by atoms with Crippen LogP contribution < -0.4 is 0 Å². The van der Waals surface area contributed by atoms with Crippen LogP contribution in [-0.4, -0.2) is 61.9 Å². The Morgan fingerprint density at radius 3 is 2.12 bits per heavy atom. The molecule has 0 radical (unpaired) electrons. The summed E-state index contributed by atoms with van der Waals surface area (Å²) in [6.45, 7) is 8.59. The smallest absolute Gasteiger partial charge is 0.254 e. The Morgan fingerprint density at radius 1 is 1.17 bits per heavy atom. The molecule has 2 unspecified atom stereocenters. The molecule has 1 aliphatic heterocycles. The summed E-state index contributed by atoms with van der Waals surface area (Å²) in [6.07, 6.45) is -0.00548. The van der Waals surface area contributed by atoms with Crippen LogP contribution in [0.4, 0.5) is 0 Å². The van der Waals surface area contributed by atoms with E-state index in [1.807, 2.05) is 27.7 Å². The van der Waals surface area contributed by atoms with E-state index in [0.717, 1.165) is 0 Å². The van der Waals surface area contributed by atoms with Gasteiger partial charge in [0.05, 0.1) is 17.1 Å². The largest absolute Gasteiger partial charge is 0.372 e. The Balaban J connectivity index is 2.19. The van der Waals surface area contributed by atoms with E-state index in [-0.39, 0.29) is 29.1 Å². The molecule has 1 amide bonds. The summed E-state index contributed by atoms with van der Waals surface area (Å²) in [5.74, 6) is -0.0989. The highest BCUT2D eigenvalue weighted by molar-refractivity contribution is 7.89. The number of carbonyl (C=O) groups excluding carboxylic acids is 1. The van der Waals surface area contributed by atoms with Crippen molar-refractivity contribution in [3.8, 4) is 0 Å². The lowest BCUT2D eigenvalue weighted by Crippen LogP contribution is -2.48.